The molecule has 21 heteroatoms. The molecule has 278 valence electrons. The summed E-state index contributed by atoms with van der Waals surface area (Å²) in [4.78, 5) is 24.5. The molecule has 0 radical (unpaired) electrons. The maximum absolute atomic E-state index is 13.4. The summed E-state index contributed by atoms with van der Waals surface area (Å²) in [7, 11) is -14.4. The maximum atomic E-state index is 13.4. The van der Waals surface area contributed by atoms with E-state index in [1.54, 1.807) is 44.2 Å². The Labute approximate surface area is 336 Å². The van der Waals surface area contributed by atoms with Crippen LogP contribution in [0, 0.1) is 13.8 Å². The second-order valence-electron chi connectivity index (χ2n) is 12.1. The van der Waals surface area contributed by atoms with E-state index in [9.17, 15) is 48.5 Å². The molecular weight excluding hydrogens is 788 g/mol. The van der Waals surface area contributed by atoms with Crippen LogP contribution in [0.4, 0.5) is 22.7 Å². The van der Waals surface area contributed by atoms with E-state index in [-0.39, 0.29) is 68.9 Å². The number of hydrogen-bond donors (Lipinski definition) is 7. The number of nitrogens with two attached hydrogens (primary N) is 2. The largest absolute Gasteiger partial charge is 1.00 e. The van der Waals surface area contributed by atoms with Gasteiger partial charge in [0.25, 0.3) is 30.4 Å². The monoisotopic (exact) mass is 815 g/mol. The molecule has 0 aliphatic heterocycles. The number of hydrazone groups is 2. The number of rotatable bonds is 8. The number of carbonyl (C=O) groups excluding carboxylic acids is 2. The Morgan fingerprint density at radius 1 is 0.636 bits per heavy atom. The Balaban J connectivity index is 0.00000580. The third-order valence-corrected chi connectivity index (χ3v) is 11.1. The normalized spacial score (nSPS) is 15.6. The van der Waals surface area contributed by atoms with Crippen LogP contribution in [0.25, 0.3) is 23.3 Å². The molecule has 0 aromatic heterocycles. The number of anilines is 4. The van der Waals surface area contributed by atoms with Gasteiger partial charge in [-0.05, 0) is 102 Å². The molecule has 4 aromatic carbocycles. The smallest absolute Gasteiger partial charge is 0.398 e. The number of nitrogens with zero attached hydrogens (tertiary/aromatic N) is 2. The summed E-state index contributed by atoms with van der Waals surface area (Å²) in [6.45, 7) is 3.51. The molecule has 0 fully saturated rings. The fourth-order valence-corrected chi connectivity index (χ4v) is 7.71. The van der Waals surface area contributed by atoms with Crippen molar-refractivity contribution in [1.29, 1.82) is 0 Å². The molecule has 55 heavy (non-hydrogen) atoms. The van der Waals surface area contributed by atoms with Crippen LogP contribution in [0.5, 0.6) is 0 Å². The minimum atomic E-state index is -5.06. The number of ketones is 2. The predicted octanol–water partition coefficient (Wildman–Crippen LogP) is 1.20. The number of aryl methyl sites for hydroxylation is 2. The second kappa shape index (κ2) is 14.9. The van der Waals surface area contributed by atoms with Crippen LogP contribution < -0.4 is 51.9 Å². The summed E-state index contributed by atoms with van der Waals surface area (Å²) in [5.74, 6) is -1.67. The van der Waals surface area contributed by atoms with Crippen molar-refractivity contribution in [3.05, 3.63) is 105 Å². The molecule has 0 atom stereocenters. The average Bonchev–Trinajstić information content (AvgIpc) is 3.06. The summed E-state index contributed by atoms with van der Waals surface area (Å²) in [5.41, 5.74) is 19.3. The van der Waals surface area contributed by atoms with Gasteiger partial charge in [-0.1, -0.05) is 18.2 Å². The number of hydrogen-bond acceptors (Lipinski definition) is 14. The van der Waals surface area contributed by atoms with E-state index in [0.29, 0.717) is 16.9 Å². The van der Waals surface area contributed by atoms with Gasteiger partial charge < -0.3 is 11.5 Å². The van der Waals surface area contributed by atoms with Crippen LogP contribution in [0.15, 0.2) is 91.6 Å². The first kappa shape index (κ1) is 41.1. The number of carbonyl (C=O) groups is 2. The molecular formula is C34H28N6NaO11S3+. The van der Waals surface area contributed by atoms with E-state index in [0.717, 1.165) is 41.0 Å². The Bertz CT molecular complexity index is 2830. The number of allylic oxidation sites excluding steroid dienone is 2. The van der Waals surface area contributed by atoms with Gasteiger partial charge >= 0.3 is 29.6 Å². The van der Waals surface area contributed by atoms with Crippen molar-refractivity contribution in [1.82, 2.24) is 0 Å². The summed E-state index contributed by atoms with van der Waals surface area (Å²) >= 11 is 0. The van der Waals surface area contributed by atoms with Crippen molar-refractivity contribution in [3.63, 3.8) is 0 Å². The molecule has 6 rings (SSSR count). The van der Waals surface area contributed by atoms with Crippen LogP contribution in [0.1, 0.15) is 43.0 Å². The molecule has 0 saturated carbocycles. The van der Waals surface area contributed by atoms with Crippen LogP contribution in [0.2, 0.25) is 0 Å². The predicted molar refractivity (Wildman–Crippen MR) is 202 cm³/mol. The molecule has 9 N–H and O–H groups in total. The van der Waals surface area contributed by atoms with Crippen molar-refractivity contribution in [2.24, 2.45) is 10.2 Å². The molecule has 2 aliphatic rings. The first-order valence-electron chi connectivity index (χ1n) is 15.3. The van der Waals surface area contributed by atoms with E-state index in [1.807, 2.05) is 6.07 Å². The first-order chi connectivity index (χ1) is 25.1. The minimum Gasteiger partial charge on any atom is -0.398 e. The van der Waals surface area contributed by atoms with Gasteiger partial charge in [-0.25, -0.2) is 0 Å². The van der Waals surface area contributed by atoms with E-state index in [1.165, 1.54) is 18.2 Å². The van der Waals surface area contributed by atoms with E-state index in [2.05, 4.69) is 21.1 Å². The van der Waals surface area contributed by atoms with Crippen LogP contribution >= 0.6 is 0 Å². The zero-order valence-electron chi connectivity index (χ0n) is 28.9. The maximum Gasteiger partial charge on any atom is 1.00 e. The Hall–Kier alpha value is -5.03. The zero-order valence-corrected chi connectivity index (χ0v) is 33.3. The number of benzene rings is 4. The van der Waals surface area contributed by atoms with Gasteiger partial charge in [-0.2, -0.15) is 35.5 Å². The third-order valence-electron chi connectivity index (χ3n) is 8.47. The Morgan fingerprint density at radius 2 is 1.22 bits per heavy atom. The molecule has 0 unspecified atom stereocenters. The standard InChI is InChI=1S/C34H28N6O11S3.Na/c1-16-11-18(3-7-25(16)37-39-27-9-5-22-28(53(46,47)48)10-6-23(35)31(22)33(27)41)19-4-8-26(17(2)12-19)38-40-32-29(54(49,50)51)14-20-13-21(52(43,44)45)15-24(36)30(20)34(32)42;/h3-15,37-38H,35-36H2,1-2H3,(H,43,44,45)(H,46,47,48)(H,49,50,51);/q;+1/b39-27+,40-32+;. The van der Waals surface area contributed by atoms with Gasteiger partial charge in [-0.3, -0.25) is 34.1 Å². The second-order valence-corrected chi connectivity index (χ2v) is 16.3. The molecule has 2 aliphatic carbocycles. The van der Waals surface area contributed by atoms with Gasteiger partial charge in [0.2, 0.25) is 11.6 Å². The topological polar surface area (TPSA) is 298 Å². The van der Waals surface area contributed by atoms with Crippen molar-refractivity contribution in [2.75, 3.05) is 22.3 Å². The van der Waals surface area contributed by atoms with Crippen LogP contribution in [-0.2, 0) is 30.4 Å². The fourth-order valence-electron chi connectivity index (χ4n) is 5.82. The summed E-state index contributed by atoms with van der Waals surface area (Å²) in [6.07, 6.45) is 3.45. The molecule has 0 saturated heterocycles. The van der Waals surface area contributed by atoms with Gasteiger partial charge in [0.05, 0.1) is 27.4 Å². The van der Waals surface area contributed by atoms with Gasteiger partial charge in [0, 0.05) is 16.9 Å². The third kappa shape index (κ3) is 8.17. The van der Waals surface area contributed by atoms with Gasteiger partial charge in [-0.15, -0.1) is 0 Å². The summed E-state index contributed by atoms with van der Waals surface area (Å²) in [5, 5.41) is 8.16. The van der Waals surface area contributed by atoms with Gasteiger partial charge in [0.1, 0.15) is 15.5 Å². The molecule has 17 nitrogen and oxygen atoms in total. The molecule has 0 amide bonds. The summed E-state index contributed by atoms with van der Waals surface area (Å²) < 4.78 is 100. The van der Waals surface area contributed by atoms with Crippen LogP contribution in [-0.4, -0.2) is 61.9 Å². The number of Topliss-reactive ketones (excluding diaryl/α,β-unsaturated/α-hetero) is 2. The van der Waals surface area contributed by atoms with Crippen molar-refractivity contribution >= 4 is 88.2 Å². The zero-order chi connectivity index (χ0) is 39.5. The van der Waals surface area contributed by atoms with Crippen molar-refractivity contribution in [3.8, 4) is 11.1 Å². The van der Waals surface area contributed by atoms with Crippen LogP contribution in [0.3, 0.4) is 0 Å². The van der Waals surface area contributed by atoms with Gasteiger partial charge in [0.15, 0.2) is 5.71 Å². The minimum absolute atomic E-state index is 0. The quantitative estimate of drug-likeness (QED) is 0.0569. The molecule has 0 spiro atoms. The molecule has 4 aromatic rings. The van der Waals surface area contributed by atoms with Crippen molar-refractivity contribution in [2.45, 2.75) is 23.6 Å². The molecule has 0 bridgehead atoms. The number of nitrogen functional groups attached to an aromatic ring is 2. The van der Waals surface area contributed by atoms with E-state index < -0.39 is 62.3 Å². The average molecular weight is 816 g/mol. The number of fused-ring (bicyclic) bond motifs is 2. The first-order valence-corrected chi connectivity index (χ1v) is 19.6. The fraction of sp³-hybridized carbons (Fsp3) is 0.0588. The summed E-state index contributed by atoms with van der Waals surface area (Å²) in [6, 6.07) is 14.5. The number of nitrogens with one attached hydrogen (secondary N) is 2. The molecule has 0 heterocycles. The SMILES string of the molecule is Cc1cc(-c2ccc(N/N=C3\C=Cc4c(S(=O)(=O)O)ccc(N)c4C3=O)c(C)c2)ccc1N/N=C1/C(=O)c2c(N)cc(S(=O)(=O)O)cc2C=C1S(=O)(=O)O.[Na+]. The Morgan fingerprint density at radius 3 is 1.75 bits per heavy atom. The van der Waals surface area contributed by atoms with E-state index >= 15 is 0 Å². The Kier molecular flexibility index (Phi) is 11.1. The van der Waals surface area contributed by atoms with E-state index in [4.69, 9.17) is 11.5 Å². The van der Waals surface area contributed by atoms with Crippen molar-refractivity contribution < 1.29 is 78.1 Å².